The molecule has 0 heterocycles. The first-order valence-electron chi connectivity index (χ1n) is 9.14. The Hall–Kier alpha value is -3.18. The molecule has 1 aliphatic rings. The Labute approximate surface area is 171 Å². The lowest BCUT2D eigenvalue weighted by Gasteiger charge is -2.42. The highest BCUT2D eigenvalue weighted by atomic mass is 16.6. The van der Waals surface area contributed by atoms with Crippen LogP contribution in [0.2, 0.25) is 0 Å². The van der Waals surface area contributed by atoms with Gasteiger partial charge in [-0.3, -0.25) is 10.6 Å². The predicted molar refractivity (Wildman–Crippen MR) is 105 cm³/mol. The third-order valence-electron chi connectivity index (χ3n) is 4.57. The molecule has 10 heteroatoms. The molecule has 2 amide bonds. The van der Waals surface area contributed by atoms with Crippen molar-refractivity contribution in [3.05, 3.63) is 60.7 Å². The minimum absolute atomic E-state index is 0.405. The molecule has 0 spiro atoms. The lowest BCUT2D eigenvalue weighted by atomic mass is 9.84. The Bertz CT molecular complexity index is 763. The smallest absolute Gasteiger partial charge is 0.412 e. The summed E-state index contributed by atoms with van der Waals surface area (Å²) in [5.41, 5.74) is 0.810. The number of aliphatic hydroxyl groups is 4. The van der Waals surface area contributed by atoms with E-state index in [1.165, 1.54) is 0 Å². The second-order valence-corrected chi connectivity index (χ2v) is 6.68. The number of benzene rings is 2. The number of hydrogen-bond acceptors (Lipinski definition) is 8. The van der Waals surface area contributed by atoms with Gasteiger partial charge in [-0.15, -0.1) is 0 Å². The molecule has 0 radical (unpaired) electrons. The first kappa shape index (κ1) is 21.5. The minimum atomic E-state index is -1.82. The molecular formula is C20H22N2O8. The zero-order valence-corrected chi connectivity index (χ0v) is 15.7. The molecule has 2 aromatic rings. The molecule has 6 atom stereocenters. The zero-order chi connectivity index (χ0) is 21.7. The Kier molecular flexibility index (Phi) is 6.85. The summed E-state index contributed by atoms with van der Waals surface area (Å²) in [6, 6.07) is 16.6. The van der Waals surface area contributed by atoms with E-state index in [0.717, 1.165) is 0 Å². The van der Waals surface area contributed by atoms with Gasteiger partial charge in [0.1, 0.15) is 24.4 Å². The van der Waals surface area contributed by atoms with Gasteiger partial charge in [-0.1, -0.05) is 36.4 Å². The standard InChI is InChI=1S/C20H22N2O8/c23-13-15(25)18(30-20(28)22-12-9-5-2-6-10-12)16(26)14(24)17(13)29-19(27)21-11-7-3-1-4-8-11/h1-10,13-18,23-26H,(H,21,27)(H,22,28)/t13-,14-,15-,16+,17?,18?/m0/s1. The fraction of sp³-hybridized carbons (Fsp3) is 0.300. The maximum absolute atomic E-state index is 12.0. The molecule has 1 fully saturated rings. The monoisotopic (exact) mass is 418 g/mol. The number of amides is 2. The fourth-order valence-electron chi connectivity index (χ4n) is 3.05. The van der Waals surface area contributed by atoms with E-state index in [4.69, 9.17) is 9.47 Å². The summed E-state index contributed by atoms with van der Waals surface area (Å²) in [6.07, 6.45) is -12.6. The van der Waals surface area contributed by atoms with Gasteiger partial charge in [0.2, 0.25) is 0 Å². The van der Waals surface area contributed by atoms with Crippen LogP contribution >= 0.6 is 0 Å². The molecule has 2 aromatic carbocycles. The summed E-state index contributed by atoms with van der Waals surface area (Å²) in [7, 11) is 0. The van der Waals surface area contributed by atoms with Gasteiger partial charge in [0.05, 0.1) is 0 Å². The zero-order valence-electron chi connectivity index (χ0n) is 15.7. The van der Waals surface area contributed by atoms with E-state index < -0.39 is 48.8 Å². The lowest BCUT2D eigenvalue weighted by Crippen LogP contribution is -2.65. The maximum atomic E-state index is 12.0. The van der Waals surface area contributed by atoms with Crippen molar-refractivity contribution >= 4 is 23.6 Å². The molecule has 1 aliphatic carbocycles. The number of hydrogen-bond donors (Lipinski definition) is 6. The number of aliphatic hydroxyl groups excluding tert-OH is 4. The molecule has 10 nitrogen and oxygen atoms in total. The minimum Gasteiger partial charge on any atom is -0.440 e. The number of carbonyl (C=O) groups excluding carboxylic acids is 2. The number of carbonyl (C=O) groups is 2. The van der Waals surface area contributed by atoms with Crippen LogP contribution in [0.25, 0.3) is 0 Å². The van der Waals surface area contributed by atoms with Crippen molar-refractivity contribution in [1.29, 1.82) is 0 Å². The number of ether oxygens (including phenoxy) is 2. The van der Waals surface area contributed by atoms with Crippen LogP contribution in [0.4, 0.5) is 21.0 Å². The largest absolute Gasteiger partial charge is 0.440 e. The molecule has 1 saturated carbocycles. The van der Waals surface area contributed by atoms with E-state index in [-0.39, 0.29) is 0 Å². The molecule has 0 aliphatic heterocycles. The van der Waals surface area contributed by atoms with Gasteiger partial charge < -0.3 is 29.9 Å². The van der Waals surface area contributed by atoms with Gasteiger partial charge in [0, 0.05) is 11.4 Å². The number of para-hydroxylation sites is 2. The van der Waals surface area contributed by atoms with Gasteiger partial charge in [0.25, 0.3) is 0 Å². The maximum Gasteiger partial charge on any atom is 0.412 e. The second-order valence-electron chi connectivity index (χ2n) is 6.68. The Morgan fingerprint density at radius 1 is 0.600 bits per heavy atom. The normalized spacial score (nSPS) is 28.3. The van der Waals surface area contributed by atoms with Crippen LogP contribution in [0.5, 0.6) is 0 Å². The van der Waals surface area contributed by atoms with Crippen molar-refractivity contribution < 1.29 is 39.5 Å². The van der Waals surface area contributed by atoms with Gasteiger partial charge in [-0.2, -0.15) is 0 Å². The summed E-state index contributed by atoms with van der Waals surface area (Å²) in [5.74, 6) is 0. The van der Waals surface area contributed by atoms with Crippen molar-refractivity contribution in [2.45, 2.75) is 36.6 Å². The number of rotatable bonds is 4. The van der Waals surface area contributed by atoms with E-state index >= 15 is 0 Å². The molecule has 0 bridgehead atoms. The average molecular weight is 418 g/mol. The molecule has 160 valence electrons. The topological polar surface area (TPSA) is 158 Å². The van der Waals surface area contributed by atoms with E-state index in [9.17, 15) is 30.0 Å². The van der Waals surface area contributed by atoms with Gasteiger partial charge in [-0.05, 0) is 24.3 Å². The van der Waals surface area contributed by atoms with E-state index in [2.05, 4.69) is 10.6 Å². The number of anilines is 2. The number of nitrogens with one attached hydrogen (secondary N) is 2. The van der Waals surface area contributed by atoms with E-state index in [0.29, 0.717) is 11.4 Å². The van der Waals surface area contributed by atoms with Gasteiger partial charge >= 0.3 is 12.2 Å². The summed E-state index contributed by atoms with van der Waals surface area (Å²) in [6.45, 7) is 0. The predicted octanol–water partition coefficient (Wildman–Crippen LogP) is 0.678. The fourth-order valence-corrected chi connectivity index (χ4v) is 3.05. The van der Waals surface area contributed by atoms with E-state index in [1.54, 1.807) is 60.7 Å². The molecular weight excluding hydrogens is 396 g/mol. The first-order valence-corrected chi connectivity index (χ1v) is 9.14. The van der Waals surface area contributed by atoms with Crippen LogP contribution in [-0.2, 0) is 9.47 Å². The Morgan fingerprint density at radius 2 is 0.900 bits per heavy atom. The third-order valence-corrected chi connectivity index (χ3v) is 4.57. The lowest BCUT2D eigenvalue weighted by molar-refractivity contribution is -0.220. The molecule has 3 rings (SSSR count). The molecule has 30 heavy (non-hydrogen) atoms. The van der Waals surface area contributed by atoms with Crippen molar-refractivity contribution in [2.75, 3.05) is 10.6 Å². The highest BCUT2D eigenvalue weighted by Crippen LogP contribution is 2.27. The highest BCUT2D eigenvalue weighted by molar-refractivity contribution is 5.85. The average Bonchev–Trinajstić information content (AvgIpc) is 2.74. The quantitative estimate of drug-likeness (QED) is 0.423. The van der Waals surface area contributed by atoms with E-state index in [1.807, 2.05) is 0 Å². The second kappa shape index (κ2) is 9.55. The van der Waals surface area contributed by atoms with Crippen molar-refractivity contribution in [2.24, 2.45) is 0 Å². The molecule has 2 unspecified atom stereocenters. The van der Waals surface area contributed by atoms with Gasteiger partial charge in [-0.25, -0.2) is 9.59 Å². The summed E-state index contributed by atoms with van der Waals surface area (Å²) < 4.78 is 9.97. The van der Waals surface area contributed by atoms with Crippen LogP contribution in [0.1, 0.15) is 0 Å². The summed E-state index contributed by atoms with van der Waals surface area (Å²) in [4.78, 5) is 24.1. The van der Waals surface area contributed by atoms with Crippen molar-refractivity contribution in [1.82, 2.24) is 0 Å². The Morgan fingerprint density at radius 3 is 1.20 bits per heavy atom. The third kappa shape index (κ3) is 5.05. The van der Waals surface area contributed by atoms with Crippen LogP contribution in [0.15, 0.2) is 60.7 Å². The highest BCUT2D eigenvalue weighted by Gasteiger charge is 2.52. The van der Waals surface area contributed by atoms with Crippen molar-refractivity contribution in [3.8, 4) is 0 Å². The van der Waals surface area contributed by atoms with Crippen LogP contribution in [0, 0.1) is 0 Å². The SMILES string of the molecule is O=C(Nc1ccccc1)OC1[C@@H](O)[C@H](O)C(OC(=O)Nc2ccccc2)[C@H](O)[C@@H]1O. The van der Waals surface area contributed by atoms with Crippen LogP contribution in [-0.4, -0.2) is 69.2 Å². The molecule has 0 saturated heterocycles. The molecule has 0 aromatic heterocycles. The van der Waals surface area contributed by atoms with Crippen LogP contribution < -0.4 is 10.6 Å². The molecule has 6 N–H and O–H groups in total. The Balaban J connectivity index is 1.61. The summed E-state index contributed by atoms with van der Waals surface area (Å²) >= 11 is 0. The van der Waals surface area contributed by atoms with Crippen molar-refractivity contribution in [3.63, 3.8) is 0 Å². The van der Waals surface area contributed by atoms with Gasteiger partial charge in [0.15, 0.2) is 12.2 Å². The summed E-state index contributed by atoms with van der Waals surface area (Å²) in [5, 5.41) is 45.9. The first-order chi connectivity index (χ1) is 14.4. The van der Waals surface area contributed by atoms with Crippen LogP contribution in [0.3, 0.4) is 0 Å².